The van der Waals surface area contributed by atoms with Crippen molar-refractivity contribution in [1.29, 1.82) is 0 Å². The van der Waals surface area contributed by atoms with Crippen LogP contribution >= 0.6 is 0 Å². The van der Waals surface area contributed by atoms with Gasteiger partial charge >= 0.3 is 12.0 Å². The van der Waals surface area contributed by atoms with Crippen LogP contribution in [-0.2, 0) is 17.8 Å². The van der Waals surface area contributed by atoms with Crippen molar-refractivity contribution in [2.45, 2.75) is 25.9 Å². The second-order valence-corrected chi connectivity index (χ2v) is 5.96. The fraction of sp³-hybridized carbons (Fsp3) is 0.300. The quantitative estimate of drug-likeness (QED) is 0.762. The van der Waals surface area contributed by atoms with Gasteiger partial charge in [0.1, 0.15) is 11.8 Å². The van der Waals surface area contributed by atoms with Gasteiger partial charge in [0.05, 0.1) is 7.11 Å². The number of hydrogen-bond acceptors (Lipinski definition) is 3. The second-order valence-electron chi connectivity index (χ2n) is 5.96. The monoisotopic (exact) mass is 356 g/mol. The molecule has 2 amide bonds. The van der Waals surface area contributed by atoms with E-state index in [4.69, 9.17) is 4.74 Å². The number of carbonyl (C=O) groups excluding carboxylic acids is 1. The lowest BCUT2D eigenvalue weighted by atomic mass is 10.1. The summed E-state index contributed by atoms with van der Waals surface area (Å²) < 4.78 is 5.12. The zero-order valence-corrected chi connectivity index (χ0v) is 15.0. The molecule has 0 fully saturated rings. The highest BCUT2D eigenvalue weighted by atomic mass is 16.5. The predicted octanol–water partition coefficient (Wildman–Crippen LogP) is 2.92. The van der Waals surface area contributed by atoms with Crippen molar-refractivity contribution in [3.63, 3.8) is 0 Å². The standard InChI is InChI=1S/C20H24N2O4/c1-15(19(23)24)22(14-17-6-4-3-5-7-17)20(25)21-13-12-16-8-10-18(26-2)11-9-16/h3-11,15H,12-14H2,1-2H3,(H,21,25)(H,23,24). The van der Waals surface area contributed by atoms with Gasteiger partial charge in [-0.05, 0) is 36.6 Å². The Kier molecular flexibility index (Phi) is 7.02. The molecule has 0 radical (unpaired) electrons. The Hall–Kier alpha value is -3.02. The molecule has 0 bridgehead atoms. The molecule has 138 valence electrons. The van der Waals surface area contributed by atoms with Crippen LogP contribution in [0.2, 0.25) is 0 Å². The van der Waals surface area contributed by atoms with Gasteiger partial charge in [0.25, 0.3) is 0 Å². The smallest absolute Gasteiger partial charge is 0.326 e. The Morgan fingerprint density at radius 1 is 1.08 bits per heavy atom. The number of hydrogen-bond donors (Lipinski definition) is 2. The van der Waals surface area contributed by atoms with Crippen LogP contribution in [0.3, 0.4) is 0 Å². The van der Waals surface area contributed by atoms with E-state index < -0.39 is 18.0 Å². The van der Waals surface area contributed by atoms with Crippen molar-refractivity contribution in [1.82, 2.24) is 10.2 Å². The third-order valence-electron chi connectivity index (χ3n) is 4.13. The van der Waals surface area contributed by atoms with Gasteiger partial charge in [-0.1, -0.05) is 42.5 Å². The van der Waals surface area contributed by atoms with Crippen LogP contribution in [0.25, 0.3) is 0 Å². The Balaban J connectivity index is 1.95. The van der Waals surface area contributed by atoms with E-state index in [-0.39, 0.29) is 6.54 Å². The number of carbonyl (C=O) groups is 2. The molecule has 0 aliphatic heterocycles. The molecule has 0 saturated heterocycles. The number of urea groups is 1. The summed E-state index contributed by atoms with van der Waals surface area (Å²) in [5.74, 6) is -0.256. The summed E-state index contributed by atoms with van der Waals surface area (Å²) in [5, 5.41) is 12.1. The highest BCUT2D eigenvalue weighted by molar-refractivity contribution is 5.82. The van der Waals surface area contributed by atoms with Crippen molar-refractivity contribution in [3.05, 3.63) is 65.7 Å². The average molecular weight is 356 g/mol. The van der Waals surface area contributed by atoms with E-state index in [0.717, 1.165) is 16.9 Å². The number of ether oxygens (including phenoxy) is 1. The Labute approximate surface area is 153 Å². The minimum Gasteiger partial charge on any atom is -0.497 e. The van der Waals surface area contributed by atoms with Crippen LogP contribution in [0.5, 0.6) is 5.75 Å². The van der Waals surface area contributed by atoms with Crippen LogP contribution in [0.1, 0.15) is 18.1 Å². The fourth-order valence-corrected chi connectivity index (χ4v) is 2.51. The molecule has 6 nitrogen and oxygen atoms in total. The van der Waals surface area contributed by atoms with Crippen molar-refractivity contribution in [3.8, 4) is 5.75 Å². The molecule has 2 rings (SSSR count). The van der Waals surface area contributed by atoms with Gasteiger partial charge in [0, 0.05) is 13.1 Å². The molecule has 2 aromatic carbocycles. The van der Waals surface area contributed by atoms with Gasteiger partial charge in [-0.2, -0.15) is 0 Å². The van der Waals surface area contributed by atoms with E-state index in [2.05, 4.69) is 5.32 Å². The molecule has 2 aromatic rings. The minimum atomic E-state index is -1.04. The largest absolute Gasteiger partial charge is 0.497 e. The normalized spacial score (nSPS) is 11.5. The maximum atomic E-state index is 12.5. The SMILES string of the molecule is COc1ccc(CCNC(=O)N(Cc2ccccc2)C(C)C(=O)O)cc1. The van der Waals surface area contributed by atoms with E-state index in [0.29, 0.717) is 13.0 Å². The van der Waals surface area contributed by atoms with E-state index >= 15 is 0 Å². The third-order valence-corrected chi connectivity index (χ3v) is 4.13. The van der Waals surface area contributed by atoms with Gasteiger partial charge in [-0.3, -0.25) is 0 Å². The van der Waals surface area contributed by atoms with Crippen LogP contribution in [0, 0.1) is 0 Å². The minimum absolute atomic E-state index is 0.239. The lowest BCUT2D eigenvalue weighted by molar-refractivity contribution is -0.141. The summed E-state index contributed by atoms with van der Waals surface area (Å²) in [5.41, 5.74) is 1.94. The molecule has 0 aliphatic rings. The summed E-state index contributed by atoms with van der Waals surface area (Å²) in [6.45, 7) is 2.17. The summed E-state index contributed by atoms with van der Waals surface area (Å²) in [6.07, 6.45) is 0.649. The molecular weight excluding hydrogens is 332 g/mol. The molecule has 1 atom stereocenters. The number of benzene rings is 2. The van der Waals surface area contributed by atoms with Crippen molar-refractivity contribution < 1.29 is 19.4 Å². The van der Waals surface area contributed by atoms with Gasteiger partial charge in [-0.15, -0.1) is 0 Å². The van der Waals surface area contributed by atoms with E-state index in [1.165, 1.54) is 11.8 Å². The highest BCUT2D eigenvalue weighted by Crippen LogP contribution is 2.12. The van der Waals surface area contributed by atoms with Crippen molar-refractivity contribution in [2.24, 2.45) is 0 Å². The maximum absolute atomic E-state index is 12.5. The Bertz CT molecular complexity index is 716. The zero-order valence-electron chi connectivity index (χ0n) is 15.0. The van der Waals surface area contributed by atoms with Crippen molar-refractivity contribution in [2.75, 3.05) is 13.7 Å². The molecule has 0 heterocycles. The fourth-order valence-electron chi connectivity index (χ4n) is 2.51. The second kappa shape index (κ2) is 9.46. The molecule has 2 N–H and O–H groups in total. The number of nitrogens with one attached hydrogen (secondary N) is 1. The lowest BCUT2D eigenvalue weighted by Gasteiger charge is -2.27. The van der Waals surface area contributed by atoms with Crippen LogP contribution in [-0.4, -0.2) is 41.7 Å². The van der Waals surface area contributed by atoms with Crippen LogP contribution in [0.15, 0.2) is 54.6 Å². The lowest BCUT2D eigenvalue weighted by Crippen LogP contribution is -2.48. The first-order valence-electron chi connectivity index (χ1n) is 8.45. The topological polar surface area (TPSA) is 78.9 Å². The number of amides is 2. The molecule has 0 aliphatic carbocycles. The number of rotatable bonds is 8. The van der Waals surface area contributed by atoms with E-state index in [1.54, 1.807) is 7.11 Å². The third kappa shape index (κ3) is 5.51. The summed E-state index contributed by atoms with van der Waals surface area (Å²) in [7, 11) is 1.61. The molecule has 0 spiro atoms. The Morgan fingerprint density at radius 3 is 2.31 bits per heavy atom. The first-order chi connectivity index (χ1) is 12.5. The van der Waals surface area contributed by atoms with Crippen molar-refractivity contribution >= 4 is 12.0 Å². The number of aliphatic carboxylic acids is 1. The summed E-state index contributed by atoms with van der Waals surface area (Å²) in [6, 6.07) is 15.6. The van der Waals surface area contributed by atoms with Gasteiger partial charge in [0.15, 0.2) is 0 Å². The summed E-state index contributed by atoms with van der Waals surface area (Å²) in [4.78, 5) is 25.2. The molecule has 0 aromatic heterocycles. The summed E-state index contributed by atoms with van der Waals surface area (Å²) >= 11 is 0. The van der Waals surface area contributed by atoms with Gasteiger partial charge in [0.2, 0.25) is 0 Å². The van der Waals surface area contributed by atoms with E-state index in [1.807, 2.05) is 54.6 Å². The first kappa shape index (κ1) is 19.3. The molecule has 26 heavy (non-hydrogen) atoms. The maximum Gasteiger partial charge on any atom is 0.326 e. The number of methoxy groups -OCH3 is 1. The van der Waals surface area contributed by atoms with E-state index in [9.17, 15) is 14.7 Å². The Morgan fingerprint density at radius 2 is 1.73 bits per heavy atom. The number of carboxylic acids is 1. The van der Waals surface area contributed by atoms with Gasteiger partial charge in [-0.25, -0.2) is 9.59 Å². The first-order valence-corrected chi connectivity index (χ1v) is 8.45. The average Bonchev–Trinajstić information content (AvgIpc) is 2.66. The van der Waals surface area contributed by atoms with Crippen LogP contribution in [0.4, 0.5) is 4.79 Å². The molecule has 6 heteroatoms. The van der Waals surface area contributed by atoms with Gasteiger partial charge < -0.3 is 20.1 Å². The zero-order chi connectivity index (χ0) is 18.9. The highest BCUT2D eigenvalue weighted by Gasteiger charge is 2.25. The predicted molar refractivity (Wildman–Crippen MR) is 99.2 cm³/mol. The molecule has 0 saturated carbocycles. The number of carboxylic acid groups (broad SMARTS) is 1. The molecule has 1 unspecified atom stereocenters. The van der Waals surface area contributed by atoms with Crippen LogP contribution < -0.4 is 10.1 Å². The number of nitrogens with zero attached hydrogens (tertiary/aromatic N) is 1. The molecular formula is C20H24N2O4.